The lowest BCUT2D eigenvalue weighted by molar-refractivity contribution is -0.143. The monoisotopic (exact) mass is 388 g/mol. The number of esters is 1. The minimum atomic E-state index is -0.729. The van der Waals surface area contributed by atoms with Crippen molar-refractivity contribution in [2.75, 3.05) is 19.8 Å². The quantitative estimate of drug-likeness (QED) is 0.759. The van der Waals surface area contributed by atoms with E-state index >= 15 is 0 Å². The first-order chi connectivity index (χ1) is 13.4. The lowest BCUT2D eigenvalue weighted by Crippen LogP contribution is -2.51. The molecule has 0 radical (unpaired) electrons. The van der Waals surface area contributed by atoms with Gasteiger partial charge in [0.25, 0.3) is 5.91 Å². The topological polar surface area (TPSA) is 112 Å². The molecular formula is C20H24N2O6. The van der Waals surface area contributed by atoms with Crippen LogP contribution in [0.25, 0.3) is 11.0 Å². The molecule has 2 heterocycles. The van der Waals surface area contributed by atoms with Crippen LogP contribution in [-0.4, -0.2) is 48.5 Å². The number of amides is 2. The molecule has 1 saturated heterocycles. The maximum atomic E-state index is 12.4. The zero-order valence-corrected chi connectivity index (χ0v) is 16.0. The molecule has 1 aliphatic rings. The third-order valence-corrected chi connectivity index (χ3v) is 4.88. The van der Waals surface area contributed by atoms with Crippen molar-refractivity contribution in [3.05, 3.63) is 29.5 Å². The van der Waals surface area contributed by atoms with Crippen molar-refractivity contribution in [1.29, 1.82) is 0 Å². The number of likely N-dealkylation sites (tertiary alicyclic amines) is 1. The van der Waals surface area contributed by atoms with Gasteiger partial charge in [0.1, 0.15) is 17.4 Å². The van der Waals surface area contributed by atoms with E-state index in [-0.39, 0.29) is 5.76 Å². The minimum Gasteiger partial charge on any atom is -0.494 e. The third-order valence-electron chi connectivity index (χ3n) is 4.88. The van der Waals surface area contributed by atoms with Crippen LogP contribution in [0, 0.1) is 6.92 Å². The number of carbonyl (C=O) groups is 3. The Labute approximate surface area is 162 Å². The van der Waals surface area contributed by atoms with E-state index in [9.17, 15) is 14.4 Å². The van der Waals surface area contributed by atoms with Crippen LogP contribution in [0.5, 0.6) is 5.75 Å². The van der Waals surface area contributed by atoms with Crippen molar-refractivity contribution < 1.29 is 28.3 Å². The summed E-state index contributed by atoms with van der Waals surface area (Å²) in [5.41, 5.74) is 6.52. The molecule has 0 spiro atoms. The number of hydrogen-bond donors (Lipinski definition) is 1. The van der Waals surface area contributed by atoms with Gasteiger partial charge in [-0.15, -0.1) is 0 Å². The smallest absolute Gasteiger partial charge is 0.375 e. The summed E-state index contributed by atoms with van der Waals surface area (Å²) in [6.45, 7) is 4.12. The lowest BCUT2D eigenvalue weighted by Gasteiger charge is -2.33. The Kier molecular flexibility index (Phi) is 5.87. The Hall–Kier alpha value is -3.03. The molecule has 8 heteroatoms. The molecule has 0 saturated carbocycles. The fraction of sp³-hybridized carbons (Fsp3) is 0.450. The number of nitrogens with zero attached hydrogens (tertiary/aromatic N) is 1. The fourth-order valence-corrected chi connectivity index (χ4v) is 3.45. The number of primary amides is 1. The van der Waals surface area contributed by atoms with Crippen LogP contribution in [0.1, 0.15) is 42.3 Å². The average molecular weight is 388 g/mol. The average Bonchev–Trinajstić information content (AvgIpc) is 3.02. The zero-order chi connectivity index (χ0) is 20.3. The van der Waals surface area contributed by atoms with Crippen molar-refractivity contribution in [2.24, 2.45) is 5.73 Å². The van der Waals surface area contributed by atoms with E-state index in [4.69, 9.17) is 19.6 Å². The maximum absolute atomic E-state index is 12.4. The van der Waals surface area contributed by atoms with Crippen LogP contribution in [0.3, 0.4) is 0 Å². The summed E-state index contributed by atoms with van der Waals surface area (Å²) in [5, 5.41) is 0.744. The van der Waals surface area contributed by atoms with Gasteiger partial charge in [-0.3, -0.25) is 9.59 Å². The number of nitrogens with two attached hydrogens (primary N) is 1. The fourth-order valence-electron chi connectivity index (χ4n) is 3.45. The van der Waals surface area contributed by atoms with Crippen LogP contribution in [0.15, 0.2) is 22.6 Å². The SMILES string of the molecule is CCOc1ccc2oc(C(=O)OCC(=O)N3CCCC[C@@H]3C(N)=O)c(C)c2c1. The van der Waals surface area contributed by atoms with E-state index in [1.54, 1.807) is 25.1 Å². The van der Waals surface area contributed by atoms with E-state index in [0.29, 0.717) is 36.5 Å². The number of benzene rings is 1. The number of furan rings is 1. The zero-order valence-electron chi connectivity index (χ0n) is 16.0. The molecule has 0 bridgehead atoms. The summed E-state index contributed by atoms with van der Waals surface area (Å²) in [5.74, 6) is -0.993. The second kappa shape index (κ2) is 8.33. The van der Waals surface area contributed by atoms with Gasteiger partial charge in [0.05, 0.1) is 6.61 Å². The van der Waals surface area contributed by atoms with Gasteiger partial charge in [-0.1, -0.05) is 0 Å². The van der Waals surface area contributed by atoms with Gasteiger partial charge < -0.3 is 24.5 Å². The van der Waals surface area contributed by atoms with Crippen molar-refractivity contribution in [3.8, 4) is 5.75 Å². The number of aryl methyl sites for hydroxylation is 1. The Morgan fingerprint density at radius 1 is 1.29 bits per heavy atom. The first-order valence-corrected chi connectivity index (χ1v) is 9.34. The van der Waals surface area contributed by atoms with Crippen LogP contribution in [0.2, 0.25) is 0 Å². The Bertz CT molecular complexity index is 903. The first-order valence-electron chi connectivity index (χ1n) is 9.34. The van der Waals surface area contributed by atoms with Crippen LogP contribution < -0.4 is 10.5 Å². The molecule has 0 aliphatic carbocycles. The molecule has 8 nitrogen and oxygen atoms in total. The predicted octanol–water partition coefficient (Wildman–Crippen LogP) is 2.16. The highest BCUT2D eigenvalue weighted by Gasteiger charge is 2.31. The largest absolute Gasteiger partial charge is 0.494 e. The van der Waals surface area contributed by atoms with Crippen molar-refractivity contribution >= 4 is 28.8 Å². The molecule has 2 aromatic rings. The van der Waals surface area contributed by atoms with Gasteiger partial charge in [-0.05, 0) is 51.3 Å². The van der Waals surface area contributed by atoms with E-state index < -0.39 is 30.4 Å². The summed E-state index contributed by atoms with van der Waals surface area (Å²) >= 11 is 0. The van der Waals surface area contributed by atoms with E-state index in [2.05, 4.69) is 0 Å². The van der Waals surface area contributed by atoms with Crippen molar-refractivity contribution in [2.45, 2.75) is 39.2 Å². The van der Waals surface area contributed by atoms with Gasteiger partial charge in [-0.25, -0.2) is 4.79 Å². The summed E-state index contributed by atoms with van der Waals surface area (Å²) in [4.78, 5) is 37.8. The summed E-state index contributed by atoms with van der Waals surface area (Å²) in [6.07, 6.45) is 2.15. The Morgan fingerprint density at radius 2 is 2.07 bits per heavy atom. The van der Waals surface area contributed by atoms with Crippen molar-refractivity contribution in [3.63, 3.8) is 0 Å². The third kappa shape index (κ3) is 3.95. The predicted molar refractivity (Wildman–Crippen MR) is 101 cm³/mol. The normalized spacial score (nSPS) is 16.8. The molecule has 1 aromatic carbocycles. The second-order valence-electron chi connectivity index (χ2n) is 6.72. The second-order valence-corrected chi connectivity index (χ2v) is 6.72. The molecule has 1 atom stereocenters. The Morgan fingerprint density at radius 3 is 2.79 bits per heavy atom. The number of piperidine rings is 1. The van der Waals surface area contributed by atoms with E-state index in [1.807, 2.05) is 6.92 Å². The van der Waals surface area contributed by atoms with Crippen molar-refractivity contribution in [1.82, 2.24) is 4.90 Å². The van der Waals surface area contributed by atoms with Gasteiger partial charge in [0.2, 0.25) is 11.7 Å². The van der Waals surface area contributed by atoms with E-state index in [0.717, 1.165) is 18.2 Å². The van der Waals surface area contributed by atoms with Gasteiger partial charge >= 0.3 is 5.97 Å². The van der Waals surface area contributed by atoms with Gasteiger partial charge in [0.15, 0.2) is 6.61 Å². The first kappa shape index (κ1) is 19.7. The molecule has 2 N–H and O–H groups in total. The number of ether oxygens (including phenoxy) is 2. The maximum Gasteiger partial charge on any atom is 0.375 e. The summed E-state index contributed by atoms with van der Waals surface area (Å²) in [7, 11) is 0. The highest BCUT2D eigenvalue weighted by Crippen LogP contribution is 2.29. The van der Waals surface area contributed by atoms with Crippen LogP contribution in [0.4, 0.5) is 0 Å². The van der Waals surface area contributed by atoms with Crippen LogP contribution >= 0.6 is 0 Å². The van der Waals surface area contributed by atoms with Crippen LogP contribution in [-0.2, 0) is 14.3 Å². The number of rotatable bonds is 6. The number of hydrogen-bond acceptors (Lipinski definition) is 6. The number of fused-ring (bicyclic) bond motifs is 1. The lowest BCUT2D eigenvalue weighted by atomic mass is 10.0. The summed E-state index contributed by atoms with van der Waals surface area (Å²) < 4.78 is 16.2. The number of carbonyl (C=O) groups excluding carboxylic acids is 3. The highest BCUT2D eigenvalue weighted by atomic mass is 16.5. The minimum absolute atomic E-state index is 0.0431. The van der Waals surface area contributed by atoms with Gasteiger partial charge in [0, 0.05) is 17.5 Å². The molecule has 28 heavy (non-hydrogen) atoms. The van der Waals surface area contributed by atoms with E-state index in [1.165, 1.54) is 4.90 Å². The standard InChI is InChI=1S/C20H24N2O6/c1-3-26-13-7-8-16-14(10-13)12(2)18(28-16)20(25)27-11-17(23)22-9-5-4-6-15(22)19(21)24/h7-8,10,15H,3-6,9,11H2,1-2H3,(H2,21,24)/t15-/m1/s1. The van der Waals surface area contributed by atoms with Gasteiger partial charge in [-0.2, -0.15) is 0 Å². The molecule has 1 fully saturated rings. The Balaban J connectivity index is 1.70. The summed E-state index contributed by atoms with van der Waals surface area (Å²) in [6, 6.07) is 4.63. The molecule has 1 aliphatic heterocycles. The molecule has 1 aromatic heterocycles. The molecule has 0 unspecified atom stereocenters. The molecule has 2 amide bonds. The molecule has 150 valence electrons. The molecule has 3 rings (SSSR count). The highest BCUT2D eigenvalue weighted by molar-refractivity contribution is 5.97. The molecular weight excluding hydrogens is 364 g/mol.